The van der Waals surface area contributed by atoms with Gasteiger partial charge in [0, 0.05) is 24.0 Å². The first kappa shape index (κ1) is 12.2. The van der Waals surface area contributed by atoms with Crippen LogP contribution in [0, 0.1) is 0 Å². The van der Waals surface area contributed by atoms with Crippen molar-refractivity contribution < 1.29 is 4.79 Å². The van der Waals surface area contributed by atoms with E-state index in [0.29, 0.717) is 13.0 Å². The summed E-state index contributed by atoms with van der Waals surface area (Å²) in [6, 6.07) is 9.54. The summed E-state index contributed by atoms with van der Waals surface area (Å²) in [6.07, 6.45) is 2.21. The van der Waals surface area contributed by atoms with Crippen LogP contribution in [0.15, 0.2) is 36.5 Å². The van der Waals surface area contributed by atoms with Gasteiger partial charge in [-0.25, -0.2) is 0 Å². The summed E-state index contributed by atoms with van der Waals surface area (Å²) >= 11 is 0. The Kier molecular flexibility index (Phi) is 3.96. The van der Waals surface area contributed by atoms with Crippen molar-refractivity contribution in [1.29, 1.82) is 0 Å². The van der Waals surface area contributed by atoms with Crippen molar-refractivity contribution in [3.05, 3.63) is 42.2 Å². The van der Waals surface area contributed by atoms with Crippen LogP contribution in [0.1, 0.15) is 19.0 Å². The maximum Gasteiger partial charge on any atom is 0.224 e. The average molecular weight is 244 g/mol. The summed E-state index contributed by atoms with van der Waals surface area (Å²) < 4.78 is 0. The molecule has 0 unspecified atom stereocenters. The van der Waals surface area contributed by atoms with Gasteiger partial charge >= 0.3 is 0 Å². The summed E-state index contributed by atoms with van der Waals surface area (Å²) in [6.45, 7) is 2.52. The van der Waals surface area contributed by atoms with Crippen LogP contribution in [0.3, 0.4) is 0 Å². The van der Waals surface area contributed by atoms with E-state index in [4.69, 9.17) is 0 Å². The highest BCUT2D eigenvalue weighted by Crippen LogP contribution is 2.14. The monoisotopic (exact) mass is 244 g/mol. The fourth-order valence-corrected chi connectivity index (χ4v) is 1.50. The summed E-state index contributed by atoms with van der Waals surface area (Å²) in [4.78, 5) is 11.2. The summed E-state index contributed by atoms with van der Waals surface area (Å²) in [7, 11) is 0. The zero-order valence-electron chi connectivity index (χ0n) is 10.2. The zero-order chi connectivity index (χ0) is 12.8. The summed E-state index contributed by atoms with van der Waals surface area (Å²) in [5, 5.41) is 12.8. The third-order valence-corrected chi connectivity index (χ3v) is 2.53. The highest BCUT2D eigenvalue weighted by atomic mass is 16.1. The molecule has 1 heterocycles. The minimum absolute atomic E-state index is 0.0215. The molecule has 0 saturated heterocycles. The van der Waals surface area contributed by atoms with Crippen LogP contribution in [0.4, 0.5) is 11.4 Å². The molecule has 0 saturated carbocycles. The lowest BCUT2D eigenvalue weighted by atomic mass is 10.2. The lowest BCUT2D eigenvalue weighted by Gasteiger charge is -2.07. The zero-order valence-corrected chi connectivity index (χ0v) is 10.2. The minimum Gasteiger partial charge on any atom is -0.379 e. The van der Waals surface area contributed by atoms with Crippen LogP contribution >= 0.6 is 0 Å². The van der Waals surface area contributed by atoms with E-state index in [1.54, 1.807) is 6.20 Å². The number of hydrogen-bond acceptors (Lipinski definition) is 3. The highest BCUT2D eigenvalue weighted by molar-refractivity contribution is 5.90. The molecule has 1 aromatic carbocycles. The number of hydrogen-bond donors (Lipinski definition) is 3. The molecule has 0 aliphatic heterocycles. The average Bonchev–Trinajstić information content (AvgIpc) is 2.91. The second kappa shape index (κ2) is 5.86. The molecule has 0 atom stereocenters. The first-order valence-corrected chi connectivity index (χ1v) is 5.90. The van der Waals surface area contributed by atoms with Gasteiger partial charge in [-0.1, -0.05) is 6.92 Å². The van der Waals surface area contributed by atoms with Gasteiger partial charge in [-0.2, -0.15) is 5.10 Å². The van der Waals surface area contributed by atoms with Crippen LogP contribution < -0.4 is 10.6 Å². The standard InChI is InChI=1S/C13H16N4O/c1-2-13(18)16-11-5-3-10(4-6-11)14-9-12-7-8-15-17-12/h3-8,14H,2,9H2,1H3,(H,15,17)(H,16,18). The number of anilines is 2. The third kappa shape index (κ3) is 3.35. The topological polar surface area (TPSA) is 69.8 Å². The first-order chi connectivity index (χ1) is 8.78. The van der Waals surface area contributed by atoms with Crippen LogP contribution in [-0.2, 0) is 11.3 Å². The maximum absolute atomic E-state index is 11.2. The van der Waals surface area contributed by atoms with E-state index in [1.807, 2.05) is 37.3 Å². The fraction of sp³-hybridized carbons (Fsp3) is 0.231. The molecule has 0 spiro atoms. The second-order valence-electron chi connectivity index (χ2n) is 3.91. The molecule has 0 aliphatic carbocycles. The number of aromatic nitrogens is 2. The number of nitrogens with one attached hydrogen (secondary N) is 3. The van der Waals surface area contributed by atoms with Crippen LogP contribution in [-0.4, -0.2) is 16.1 Å². The van der Waals surface area contributed by atoms with Crippen LogP contribution in [0.2, 0.25) is 0 Å². The smallest absolute Gasteiger partial charge is 0.224 e. The predicted molar refractivity (Wildman–Crippen MR) is 71.3 cm³/mol. The molecule has 0 aliphatic rings. The predicted octanol–water partition coefficient (Wildman–Crippen LogP) is 2.37. The fourth-order valence-electron chi connectivity index (χ4n) is 1.50. The molecule has 0 radical (unpaired) electrons. The normalized spacial score (nSPS) is 10.1. The van der Waals surface area contributed by atoms with Gasteiger partial charge in [-0.05, 0) is 30.3 Å². The van der Waals surface area contributed by atoms with E-state index in [2.05, 4.69) is 20.8 Å². The lowest BCUT2D eigenvalue weighted by molar-refractivity contribution is -0.115. The Morgan fingerprint density at radius 2 is 1.94 bits per heavy atom. The first-order valence-electron chi connectivity index (χ1n) is 5.90. The Labute approximate surface area is 106 Å². The van der Waals surface area contributed by atoms with Crippen molar-refractivity contribution in [1.82, 2.24) is 10.2 Å². The van der Waals surface area contributed by atoms with Crippen molar-refractivity contribution in [2.45, 2.75) is 19.9 Å². The van der Waals surface area contributed by atoms with Crippen LogP contribution in [0.25, 0.3) is 0 Å². The Hall–Kier alpha value is -2.30. The molecule has 0 bridgehead atoms. The Morgan fingerprint density at radius 1 is 1.22 bits per heavy atom. The number of benzene rings is 1. The largest absolute Gasteiger partial charge is 0.379 e. The number of nitrogens with zero attached hydrogens (tertiary/aromatic N) is 1. The van der Waals surface area contributed by atoms with Gasteiger partial charge in [0.1, 0.15) is 0 Å². The molecule has 1 amide bonds. The molecule has 1 aromatic heterocycles. The number of aromatic amines is 1. The van der Waals surface area contributed by atoms with Crippen molar-refractivity contribution in [3.63, 3.8) is 0 Å². The number of amides is 1. The molecule has 94 valence electrons. The lowest BCUT2D eigenvalue weighted by Crippen LogP contribution is -2.09. The highest BCUT2D eigenvalue weighted by Gasteiger charge is 1.99. The van der Waals surface area contributed by atoms with E-state index in [0.717, 1.165) is 17.1 Å². The Morgan fingerprint density at radius 3 is 2.56 bits per heavy atom. The van der Waals surface area contributed by atoms with Crippen LogP contribution in [0.5, 0.6) is 0 Å². The Bertz CT molecular complexity index is 490. The molecule has 0 fully saturated rings. The van der Waals surface area contributed by atoms with E-state index in [1.165, 1.54) is 0 Å². The molecule has 5 nitrogen and oxygen atoms in total. The third-order valence-electron chi connectivity index (χ3n) is 2.53. The SMILES string of the molecule is CCC(=O)Nc1ccc(NCc2ccn[nH]2)cc1. The summed E-state index contributed by atoms with van der Waals surface area (Å²) in [5.74, 6) is 0.0215. The van der Waals surface area contributed by atoms with Gasteiger partial charge in [-0.3, -0.25) is 9.89 Å². The van der Waals surface area contributed by atoms with E-state index in [9.17, 15) is 4.79 Å². The van der Waals surface area contributed by atoms with E-state index < -0.39 is 0 Å². The quantitative estimate of drug-likeness (QED) is 0.756. The van der Waals surface area contributed by atoms with Gasteiger partial charge in [0.25, 0.3) is 0 Å². The van der Waals surface area contributed by atoms with Crippen molar-refractivity contribution >= 4 is 17.3 Å². The molecule has 5 heteroatoms. The number of carbonyl (C=O) groups is 1. The van der Waals surface area contributed by atoms with Gasteiger partial charge in [-0.15, -0.1) is 0 Å². The maximum atomic E-state index is 11.2. The number of rotatable bonds is 5. The van der Waals surface area contributed by atoms with Gasteiger partial charge in [0.15, 0.2) is 0 Å². The van der Waals surface area contributed by atoms with E-state index >= 15 is 0 Å². The second-order valence-corrected chi connectivity index (χ2v) is 3.91. The van der Waals surface area contributed by atoms with E-state index in [-0.39, 0.29) is 5.91 Å². The Balaban J connectivity index is 1.89. The molecule has 2 rings (SSSR count). The summed E-state index contributed by atoms with van der Waals surface area (Å²) in [5.41, 5.74) is 2.84. The molecule has 2 aromatic rings. The van der Waals surface area contributed by atoms with Crippen molar-refractivity contribution in [3.8, 4) is 0 Å². The molecule has 18 heavy (non-hydrogen) atoms. The number of carbonyl (C=O) groups excluding carboxylic acids is 1. The molecular weight excluding hydrogens is 228 g/mol. The van der Waals surface area contributed by atoms with Crippen molar-refractivity contribution in [2.24, 2.45) is 0 Å². The van der Waals surface area contributed by atoms with Gasteiger partial charge in [0.05, 0.1) is 12.2 Å². The number of H-pyrrole nitrogens is 1. The van der Waals surface area contributed by atoms with Gasteiger partial charge < -0.3 is 10.6 Å². The minimum atomic E-state index is 0.0215. The molecule has 3 N–H and O–H groups in total. The van der Waals surface area contributed by atoms with Crippen molar-refractivity contribution in [2.75, 3.05) is 10.6 Å². The molecular formula is C13H16N4O. The van der Waals surface area contributed by atoms with Gasteiger partial charge in [0.2, 0.25) is 5.91 Å².